The minimum absolute atomic E-state index is 0.0225. The lowest BCUT2D eigenvalue weighted by molar-refractivity contribution is -0.141. The van der Waals surface area contributed by atoms with Crippen LogP contribution in [0.2, 0.25) is 5.02 Å². The SMILES string of the molecule is CCCNC(=O)c1ccc(Cl)cc1NCC(=O)N1CC(C)OC(C)C1. The fourth-order valence-corrected chi connectivity index (χ4v) is 3.03. The van der Waals surface area contributed by atoms with Crippen molar-refractivity contribution in [2.75, 3.05) is 31.5 Å². The topological polar surface area (TPSA) is 70.7 Å². The van der Waals surface area contributed by atoms with Gasteiger partial charge in [-0.25, -0.2) is 0 Å². The van der Waals surface area contributed by atoms with Crippen molar-refractivity contribution in [2.45, 2.75) is 39.4 Å². The van der Waals surface area contributed by atoms with Crippen LogP contribution in [0, 0.1) is 0 Å². The van der Waals surface area contributed by atoms with Gasteiger partial charge in [0.2, 0.25) is 5.91 Å². The maximum atomic E-state index is 12.5. The van der Waals surface area contributed by atoms with E-state index >= 15 is 0 Å². The highest BCUT2D eigenvalue weighted by Crippen LogP contribution is 2.21. The van der Waals surface area contributed by atoms with Gasteiger partial charge in [-0.15, -0.1) is 0 Å². The Balaban J connectivity index is 2.03. The van der Waals surface area contributed by atoms with Crippen LogP contribution < -0.4 is 10.6 Å². The molecule has 0 aromatic heterocycles. The van der Waals surface area contributed by atoms with Crippen molar-refractivity contribution in [3.05, 3.63) is 28.8 Å². The Hall–Kier alpha value is -1.79. The second kappa shape index (κ2) is 9.06. The third-order valence-corrected chi connectivity index (χ3v) is 4.20. The second-order valence-corrected chi connectivity index (χ2v) is 6.79. The van der Waals surface area contributed by atoms with Gasteiger partial charge in [0.1, 0.15) is 0 Å². The van der Waals surface area contributed by atoms with E-state index in [1.54, 1.807) is 23.1 Å². The summed E-state index contributed by atoms with van der Waals surface area (Å²) in [6.07, 6.45) is 0.900. The highest BCUT2D eigenvalue weighted by molar-refractivity contribution is 6.31. The average molecular weight is 368 g/mol. The van der Waals surface area contributed by atoms with Crippen molar-refractivity contribution in [3.8, 4) is 0 Å². The van der Waals surface area contributed by atoms with E-state index in [1.807, 2.05) is 20.8 Å². The second-order valence-electron chi connectivity index (χ2n) is 6.36. The maximum absolute atomic E-state index is 12.5. The molecule has 2 rings (SSSR count). The van der Waals surface area contributed by atoms with Crippen molar-refractivity contribution in [2.24, 2.45) is 0 Å². The molecule has 1 aliphatic rings. The van der Waals surface area contributed by atoms with Gasteiger partial charge in [0.25, 0.3) is 5.91 Å². The first-order chi connectivity index (χ1) is 11.9. The number of halogens is 1. The van der Waals surface area contributed by atoms with Gasteiger partial charge in [0, 0.05) is 30.3 Å². The number of benzene rings is 1. The molecule has 1 fully saturated rings. The quantitative estimate of drug-likeness (QED) is 0.810. The van der Waals surface area contributed by atoms with E-state index in [2.05, 4.69) is 10.6 Å². The Labute approximate surface area is 153 Å². The summed E-state index contributed by atoms with van der Waals surface area (Å²) in [5.74, 6) is -0.205. The molecule has 1 saturated heterocycles. The molecule has 1 aliphatic heterocycles. The van der Waals surface area contributed by atoms with Gasteiger partial charge in [-0.05, 0) is 38.5 Å². The number of nitrogens with one attached hydrogen (secondary N) is 2. The molecule has 0 bridgehead atoms. The molecule has 0 saturated carbocycles. The first-order valence-electron chi connectivity index (χ1n) is 8.65. The predicted molar refractivity (Wildman–Crippen MR) is 99.2 cm³/mol. The Morgan fingerprint density at radius 2 is 1.96 bits per heavy atom. The van der Waals surface area contributed by atoms with Crippen LogP contribution in [0.3, 0.4) is 0 Å². The van der Waals surface area contributed by atoms with E-state index in [0.29, 0.717) is 35.9 Å². The summed E-state index contributed by atoms with van der Waals surface area (Å²) in [7, 11) is 0. The standard InChI is InChI=1S/C18H26ClN3O3/c1-4-7-20-18(24)15-6-5-14(19)8-16(15)21-9-17(23)22-10-12(2)25-13(3)11-22/h5-6,8,12-13,21H,4,7,9-11H2,1-3H3,(H,20,24). The molecule has 6 nitrogen and oxygen atoms in total. The van der Waals surface area contributed by atoms with E-state index in [0.717, 1.165) is 6.42 Å². The average Bonchev–Trinajstić information content (AvgIpc) is 2.56. The molecule has 25 heavy (non-hydrogen) atoms. The molecular formula is C18H26ClN3O3. The number of ether oxygens (including phenoxy) is 1. The largest absolute Gasteiger partial charge is 0.375 e. The minimum Gasteiger partial charge on any atom is -0.375 e. The number of carbonyl (C=O) groups excluding carboxylic acids is 2. The molecule has 1 aromatic rings. The van der Waals surface area contributed by atoms with Crippen molar-refractivity contribution in [1.29, 1.82) is 0 Å². The lowest BCUT2D eigenvalue weighted by Crippen LogP contribution is -2.49. The zero-order valence-corrected chi connectivity index (χ0v) is 15.7. The minimum atomic E-state index is -0.179. The fourth-order valence-electron chi connectivity index (χ4n) is 2.86. The Kier molecular flexibility index (Phi) is 7.08. The molecule has 2 amide bonds. The summed E-state index contributed by atoms with van der Waals surface area (Å²) in [6.45, 7) is 7.75. The monoisotopic (exact) mass is 367 g/mol. The third-order valence-electron chi connectivity index (χ3n) is 3.96. The van der Waals surface area contributed by atoms with Crippen molar-refractivity contribution >= 4 is 29.1 Å². The van der Waals surface area contributed by atoms with Crippen LogP contribution in [0.15, 0.2) is 18.2 Å². The fraction of sp³-hybridized carbons (Fsp3) is 0.556. The van der Waals surface area contributed by atoms with E-state index in [1.165, 1.54) is 0 Å². The summed E-state index contributed by atoms with van der Waals surface area (Å²) < 4.78 is 5.65. The molecule has 1 heterocycles. The summed E-state index contributed by atoms with van der Waals surface area (Å²) >= 11 is 6.04. The molecule has 2 N–H and O–H groups in total. The molecular weight excluding hydrogens is 342 g/mol. The Morgan fingerprint density at radius 1 is 1.28 bits per heavy atom. The van der Waals surface area contributed by atoms with Crippen LogP contribution in [0.5, 0.6) is 0 Å². The van der Waals surface area contributed by atoms with Crippen molar-refractivity contribution in [1.82, 2.24) is 10.2 Å². The highest BCUT2D eigenvalue weighted by atomic mass is 35.5. The molecule has 7 heteroatoms. The van der Waals surface area contributed by atoms with E-state index in [9.17, 15) is 9.59 Å². The van der Waals surface area contributed by atoms with Gasteiger partial charge in [-0.2, -0.15) is 0 Å². The maximum Gasteiger partial charge on any atom is 0.253 e. The predicted octanol–water partition coefficient (Wildman–Crippen LogP) is 2.53. The number of morpholine rings is 1. The first-order valence-corrected chi connectivity index (χ1v) is 9.03. The van der Waals surface area contributed by atoms with Crippen LogP contribution in [0.1, 0.15) is 37.6 Å². The van der Waals surface area contributed by atoms with Gasteiger partial charge < -0.3 is 20.3 Å². The zero-order chi connectivity index (χ0) is 18.4. The number of amides is 2. The Morgan fingerprint density at radius 3 is 2.60 bits per heavy atom. The van der Waals surface area contributed by atoms with Gasteiger partial charge in [-0.1, -0.05) is 18.5 Å². The van der Waals surface area contributed by atoms with Crippen LogP contribution >= 0.6 is 11.6 Å². The highest BCUT2D eigenvalue weighted by Gasteiger charge is 2.25. The van der Waals surface area contributed by atoms with Crippen LogP contribution in [-0.4, -0.2) is 55.1 Å². The number of carbonyl (C=O) groups is 2. The molecule has 138 valence electrons. The summed E-state index contributed by atoms with van der Waals surface area (Å²) in [4.78, 5) is 26.5. The Bertz CT molecular complexity index is 614. The van der Waals surface area contributed by atoms with Crippen molar-refractivity contribution in [3.63, 3.8) is 0 Å². The third kappa shape index (κ3) is 5.61. The lowest BCUT2D eigenvalue weighted by Gasteiger charge is -2.35. The molecule has 1 aromatic carbocycles. The summed E-state index contributed by atoms with van der Waals surface area (Å²) in [6, 6.07) is 5.00. The van der Waals surface area contributed by atoms with E-state index in [-0.39, 0.29) is 30.6 Å². The van der Waals surface area contributed by atoms with Gasteiger partial charge >= 0.3 is 0 Å². The smallest absolute Gasteiger partial charge is 0.253 e. The van der Waals surface area contributed by atoms with Crippen LogP contribution in [-0.2, 0) is 9.53 Å². The van der Waals surface area contributed by atoms with Crippen molar-refractivity contribution < 1.29 is 14.3 Å². The van der Waals surface area contributed by atoms with Gasteiger partial charge in [0.05, 0.1) is 24.3 Å². The van der Waals surface area contributed by atoms with Crippen LogP contribution in [0.4, 0.5) is 5.69 Å². The van der Waals surface area contributed by atoms with Crippen LogP contribution in [0.25, 0.3) is 0 Å². The molecule has 0 spiro atoms. The summed E-state index contributed by atoms with van der Waals surface area (Å²) in [5, 5.41) is 6.41. The number of rotatable bonds is 6. The van der Waals surface area contributed by atoms with E-state index in [4.69, 9.17) is 16.3 Å². The lowest BCUT2D eigenvalue weighted by atomic mass is 10.1. The summed E-state index contributed by atoms with van der Waals surface area (Å²) in [5.41, 5.74) is 1.04. The molecule has 0 radical (unpaired) electrons. The molecule has 2 unspecified atom stereocenters. The zero-order valence-electron chi connectivity index (χ0n) is 15.0. The first kappa shape index (κ1) is 19.5. The number of hydrogen-bond donors (Lipinski definition) is 2. The molecule has 2 atom stereocenters. The normalized spacial score (nSPS) is 20.2. The van der Waals surface area contributed by atoms with Gasteiger partial charge in [0.15, 0.2) is 0 Å². The van der Waals surface area contributed by atoms with Gasteiger partial charge in [-0.3, -0.25) is 9.59 Å². The number of nitrogens with zero attached hydrogens (tertiary/aromatic N) is 1. The van der Waals surface area contributed by atoms with E-state index < -0.39 is 0 Å². The number of anilines is 1. The number of hydrogen-bond acceptors (Lipinski definition) is 4. The molecule has 0 aliphatic carbocycles.